The summed E-state index contributed by atoms with van der Waals surface area (Å²) in [6.07, 6.45) is 1.65. The minimum Gasteiger partial charge on any atom is -0.489 e. The molecule has 0 aromatic heterocycles. The Hall–Kier alpha value is -2.16. The minimum atomic E-state index is -0.0929. The van der Waals surface area contributed by atoms with Crippen LogP contribution in [0.2, 0.25) is 5.02 Å². The number of rotatable bonds is 3. The zero-order valence-electron chi connectivity index (χ0n) is 12.3. The lowest BCUT2D eigenvalue weighted by molar-refractivity contribution is 0.182. The van der Waals surface area contributed by atoms with Crippen molar-refractivity contribution in [1.82, 2.24) is 0 Å². The lowest BCUT2D eigenvalue weighted by Gasteiger charge is -2.28. The molecule has 0 spiro atoms. The van der Waals surface area contributed by atoms with E-state index in [-0.39, 0.29) is 6.10 Å². The molecule has 0 fully saturated rings. The van der Waals surface area contributed by atoms with Crippen LogP contribution in [-0.4, -0.2) is 12.6 Å². The Morgan fingerprint density at radius 3 is 2.91 bits per heavy atom. The molecular weight excluding hydrogens is 298 g/mol. The summed E-state index contributed by atoms with van der Waals surface area (Å²) in [5, 5.41) is 4.31. The number of benzene rings is 2. The Balaban J connectivity index is 2.08. The van der Waals surface area contributed by atoms with Crippen LogP contribution in [0.25, 0.3) is 21.6 Å². The standard InChI is InChI=1S/C17H16ClN3O/c1-11-4-2-3-5-14(11)16-15(18)9-7-12-6-8-13(10-20-21-19)22-17(12)16/h2-5,7,9,13H,6,8,10H2,1H3. The zero-order chi connectivity index (χ0) is 15.5. The summed E-state index contributed by atoms with van der Waals surface area (Å²) in [6.45, 7) is 2.40. The maximum atomic E-state index is 8.49. The molecule has 2 aromatic carbocycles. The van der Waals surface area contributed by atoms with Crippen molar-refractivity contribution in [3.05, 3.63) is 63.0 Å². The summed E-state index contributed by atoms with van der Waals surface area (Å²) in [7, 11) is 0. The van der Waals surface area contributed by atoms with E-state index in [0.717, 1.165) is 40.8 Å². The Morgan fingerprint density at radius 2 is 2.14 bits per heavy atom. The fraction of sp³-hybridized carbons (Fsp3) is 0.294. The van der Waals surface area contributed by atoms with Gasteiger partial charge in [0.1, 0.15) is 11.9 Å². The van der Waals surface area contributed by atoms with Gasteiger partial charge in [-0.15, -0.1) is 0 Å². The molecule has 22 heavy (non-hydrogen) atoms. The molecule has 0 amide bonds. The topological polar surface area (TPSA) is 58.0 Å². The van der Waals surface area contributed by atoms with Crippen LogP contribution >= 0.6 is 11.6 Å². The molecule has 0 saturated heterocycles. The number of fused-ring (bicyclic) bond motifs is 1. The zero-order valence-corrected chi connectivity index (χ0v) is 13.0. The monoisotopic (exact) mass is 313 g/mol. The maximum absolute atomic E-state index is 8.49. The molecule has 4 nitrogen and oxygen atoms in total. The molecule has 1 atom stereocenters. The quantitative estimate of drug-likeness (QED) is 0.430. The highest BCUT2D eigenvalue weighted by molar-refractivity contribution is 6.33. The Labute approximate surface area is 134 Å². The first-order valence-corrected chi connectivity index (χ1v) is 7.63. The predicted octanol–water partition coefficient (Wildman–Crippen LogP) is 5.32. The van der Waals surface area contributed by atoms with Gasteiger partial charge in [0.2, 0.25) is 0 Å². The number of azide groups is 1. The second-order valence-electron chi connectivity index (χ2n) is 5.42. The third-order valence-corrected chi connectivity index (χ3v) is 4.29. The van der Waals surface area contributed by atoms with Crippen LogP contribution < -0.4 is 4.74 Å². The van der Waals surface area contributed by atoms with Crippen LogP contribution in [0.4, 0.5) is 0 Å². The van der Waals surface area contributed by atoms with Gasteiger partial charge in [-0.1, -0.05) is 47.0 Å². The number of halogens is 1. The summed E-state index contributed by atoms with van der Waals surface area (Å²) in [4.78, 5) is 2.82. The van der Waals surface area contributed by atoms with E-state index in [1.807, 2.05) is 24.3 Å². The molecule has 1 aliphatic rings. The Morgan fingerprint density at radius 1 is 1.32 bits per heavy atom. The van der Waals surface area contributed by atoms with Gasteiger partial charge in [0.05, 0.1) is 11.6 Å². The van der Waals surface area contributed by atoms with Crippen molar-refractivity contribution in [3.8, 4) is 16.9 Å². The maximum Gasteiger partial charge on any atom is 0.132 e. The van der Waals surface area contributed by atoms with Gasteiger partial charge in [-0.3, -0.25) is 0 Å². The Bertz CT molecular complexity index is 754. The highest BCUT2D eigenvalue weighted by Gasteiger charge is 2.24. The van der Waals surface area contributed by atoms with Gasteiger partial charge in [0.25, 0.3) is 0 Å². The first-order chi connectivity index (χ1) is 10.7. The van der Waals surface area contributed by atoms with Gasteiger partial charge in [0, 0.05) is 10.5 Å². The van der Waals surface area contributed by atoms with Crippen molar-refractivity contribution in [2.75, 3.05) is 6.54 Å². The highest BCUT2D eigenvalue weighted by atomic mass is 35.5. The molecule has 1 aliphatic heterocycles. The van der Waals surface area contributed by atoms with Gasteiger partial charge in [-0.2, -0.15) is 0 Å². The number of ether oxygens (including phenoxy) is 1. The lowest BCUT2D eigenvalue weighted by atomic mass is 9.93. The molecule has 1 heterocycles. The second-order valence-corrected chi connectivity index (χ2v) is 5.82. The molecule has 1 unspecified atom stereocenters. The van der Waals surface area contributed by atoms with Gasteiger partial charge in [-0.05, 0) is 48.1 Å². The summed E-state index contributed by atoms with van der Waals surface area (Å²) in [6, 6.07) is 12.1. The van der Waals surface area contributed by atoms with E-state index < -0.39 is 0 Å². The summed E-state index contributed by atoms with van der Waals surface area (Å²) in [5.74, 6) is 0.825. The average molecular weight is 314 g/mol. The summed E-state index contributed by atoms with van der Waals surface area (Å²) in [5.41, 5.74) is 12.8. The molecule has 2 aromatic rings. The highest BCUT2D eigenvalue weighted by Crippen LogP contribution is 2.43. The van der Waals surface area contributed by atoms with Crippen LogP contribution in [0.5, 0.6) is 5.75 Å². The van der Waals surface area contributed by atoms with Crippen LogP contribution in [0.1, 0.15) is 17.5 Å². The average Bonchev–Trinajstić information content (AvgIpc) is 2.54. The van der Waals surface area contributed by atoms with Crippen molar-refractivity contribution in [3.63, 3.8) is 0 Å². The van der Waals surface area contributed by atoms with Crippen LogP contribution in [0.3, 0.4) is 0 Å². The normalized spacial score (nSPS) is 16.4. The molecular formula is C17H16ClN3O. The second kappa shape index (κ2) is 6.30. The van der Waals surface area contributed by atoms with Crippen molar-refractivity contribution in [2.24, 2.45) is 5.11 Å². The van der Waals surface area contributed by atoms with E-state index in [2.05, 4.69) is 29.1 Å². The molecule has 112 valence electrons. The van der Waals surface area contributed by atoms with Crippen molar-refractivity contribution in [1.29, 1.82) is 0 Å². The van der Waals surface area contributed by atoms with Gasteiger partial charge in [-0.25, -0.2) is 0 Å². The van der Waals surface area contributed by atoms with Crippen LogP contribution in [0, 0.1) is 6.92 Å². The summed E-state index contributed by atoms with van der Waals surface area (Å²) < 4.78 is 6.11. The fourth-order valence-electron chi connectivity index (χ4n) is 2.84. The molecule has 0 N–H and O–H groups in total. The molecule has 3 rings (SSSR count). The van der Waals surface area contributed by atoms with Gasteiger partial charge >= 0.3 is 0 Å². The van der Waals surface area contributed by atoms with Crippen LogP contribution in [-0.2, 0) is 6.42 Å². The van der Waals surface area contributed by atoms with E-state index in [4.69, 9.17) is 21.9 Å². The third kappa shape index (κ3) is 2.76. The van der Waals surface area contributed by atoms with E-state index in [9.17, 15) is 0 Å². The summed E-state index contributed by atoms with van der Waals surface area (Å²) >= 11 is 6.46. The molecule has 5 heteroatoms. The van der Waals surface area contributed by atoms with E-state index in [1.165, 1.54) is 0 Å². The largest absolute Gasteiger partial charge is 0.489 e. The van der Waals surface area contributed by atoms with E-state index in [1.54, 1.807) is 0 Å². The molecule has 0 aliphatic carbocycles. The number of hydrogen-bond acceptors (Lipinski definition) is 2. The Kier molecular flexibility index (Phi) is 4.23. The first kappa shape index (κ1) is 14.8. The van der Waals surface area contributed by atoms with Crippen LogP contribution in [0.15, 0.2) is 41.5 Å². The molecule has 0 saturated carbocycles. The number of nitrogens with zero attached hydrogens (tertiary/aromatic N) is 3. The lowest BCUT2D eigenvalue weighted by Crippen LogP contribution is -2.25. The van der Waals surface area contributed by atoms with Gasteiger partial charge in [0.15, 0.2) is 0 Å². The SMILES string of the molecule is Cc1ccccc1-c1c(Cl)ccc2c1OC(CN=[N+]=[N-])CC2. The van der Waals surface area contributed by atoms with Crippen molar-refractivity contribution in [2.45, 2.75) is 25.9 Å². The smallest absolute Gasteiger partial charge is 0.132 e. The van der Waals surface area contributed by atoms with E-state index >= 15 is 0 Å². The van der Waals surface area contributed by atoms with E-state index in [0.29, 0.717) is 11.6 Å². The van der Waals surface area contributed by atoms with Crippen molar-refractivity contribution >= 4 is 11.6 Å². The number of aryl methyl sites for hydroxylation is 2. The van der Waals surface area contributed by atoms with Gasteiger partial charge < -0.3 is 4.74 Å². The molecule has 0 radical (unpaired) electrons. The number of hydrogen-bond donors (Lipinski definition) is 0. The fourth-order valence-corrected chi connectivity index (χ4v) is 3.09. The first-order valence-electron chi connectivity index (χ1n) is 7.25. The third-order valence-electron chi connectivity index (χ3n) is 3.97. The molecule has 0 bridgehead atoms. The minimum absolute atomic E-state index is 0.0929. The van der Waals surface area contributed by atoms with Crippen molar-refractivity contribution < 1.29 is 4.74 Å². The predicted molar refractivity (Wildman–Crippen MR) is 88.4 cm³/mol.